The number of thioether (sulfide) groups is 1. The van der Waals surface area contributed by atoms with Gasteiger partial charge >= 0.3 is 0 Å². The average molecular weight is 445 g/mol. The summed E-state index contributed by atoms with van der Waals surface area (Å²) >= 11 is 7.62. The van der Waals surface area contributed by atoms with E-state index in [1.807, 2.05) is 48.7 Å². The third-order valence-electron chi connectivity index (χ3n) is 5.62. The second kappa shape index (κ2) is 8.37. The number of rotatable bonds is 4. The first kappa shape index (κ1) is 20.1. The summed E-state index contributed by atoms with van der Waals surface area (Å²) in [5, 5.41) is 1.38. The summed E-state index contributed by atoms with van der Waals surface area (Å²) in [5.41, 5.74) is 6.09. The first-order chi connectivity index (χ1) is 15.1. The van der Waals surface area contributed by atoms with E-state index in [-0.39, 0.29) is 11.0 Å². The number of hydrogen-bond donors (Lipinski definition) is 0. The molecule has 1 atom stereocenters. The summed E-state index contributed by atoms with van der Waals surface area (Å²) < 4.78 is 2.09. The molecule has 1 aliphatic rings. The normalized spacial score (nSPS) is 15.7. The minimum Gasteiger partial charge on any atom is -0.294 e. The quantitative estimate of drug-likeness (QED) is 0.347. The van der Waals surface area contributed by atoms with Crippen LogP contribution in [0.2, 0.25) is 5.02 Å². The van der Waals surface area contributed by atoms with Crippen molar-refractivity contribution in [3.63, 3.8) is 0 Å². The Balaban J connectivity index is 1.53. The number of hydrogen-bond acceptors (Lipinski definition) is 3. The van der Waals surface area contributed by atoms with Crippen LogP contribution in [-0.4, -0.2) is 20.6 Å². The highest BCUT2D eigenvalue weighted by Gasteiger charge is 2.29. The molecule has 0 saturated heterocycles. The van der Waals surface area contributed by atoms with Gasteiger partial charge in [-0.1, -0.05) is 77.5 Å². The highest BCUT2D eigenvalue weighted by Crippen LogP contribution is 2.36. The first-order valence-corrected chi connectivity index (χ1v) is 11.6. The predicted molar refractivity (Wildman–Crippen MR) is 127 cm³/mol. The molecule has 0 fully saturated rings. The smallest absolute Gasteiger partial charge is 0.176 e. The van der Waals surface area contributed by atoms with E-state index in [1.54, 1.807) is 11.8 Å². The van der Waals surface area contributed by atoms with Crippen LogP contribution >= 0.6 is 23.4 Å². The van der Waals surface area contributed by atoms with E-state index >= 15 is 0 Å². The van der Waals surface area contributed by atoms with Gasteiger partial charge in [-0.15, -0.1) is 0 Å². The van der Waals surface area contributed by atoms with E-state index in [2.05, 4.69) is 41.8 Å². The molecule has 0 aliphatic heterocycles. The molecule has 4 aromatic rings. The van der Waals surface area contributed by atoms with Crippen molar-refractivity contribution < 1.29 is 4.79 Å². The number of carbonyl (C=O) groups excluding carboxylic acids is 1. The molecule has 5 heteroatoms. The van der Waals surface area contributed by atoms with Crippen molar-refractivity contribution in [2.24, 2.45) is 0 Å². The van der Waals surface area contributed by atoms with Crippen LogP contribution in [0.25, 0.3) is 16.9 Å². The molecule has 1 aliphatic carbocycles. The average Bonchev–Trinajstić information content (AvgIpc) is 3.21. The number of imidazole rings is 1. The molecule has 5 rings (SSSR count). The van der Waals surface area contributed by atoms with Crippen molar-refractivity contribution in [2.45, 2.75) is 30.2 Å². The van der Waals surface area contributed by atoms with Crippen molar-refractivity contribution in [1.29, 1.82) is 0 Å². The third-order valence-corrected chi connectivity index (χ3v) is 7.11. The SMILES string of the molecule is Cc1ccc(-n2cc(-c3ccc(Cl)cc3)nc2SC2CCc3ccccc3C2=O)cc1. The molecular weight excluding hydrogens is 424 g/mol. The number of carbonyl (C=O) groups is 1. The van der Waals surface area contributed by atoms with Gasteiger partial charge < -0.3 is 0 Å². The molecule has 1 heterocycles. The monoisotopic (exact) mass is 444 g/mol. The standard InChI is InChI=1S/C26H21ClN2OS/c1-17-6-13-21(14-7-17)29-16-23(19-8-11-20(27)12-9-19)28-26(29)31-24-15-10-18-4-2-3-5-22(18)25(24)30/h2-9,11-14,16,24H,10,15H2,1H3. The van der Waals surface area contributed by atoms with Crippen molar-refractivity contribution in [3.8, 4) is 16.9 Å². The van der Waals surface area contributed by atoms with E-state index in [4.69, 9.17) is 16.6 Å². The van der Waals surface area contributed by atoms with Gasteiger partial charge in [-0.05, 0) is 49.6 Å². The fourth-order valence-electron chi connectivity index (χ4n) is 3.91. The van der Waals surface area contributed by atoms with Crippen LogP contribution in [0, 0.1) is 6.92 Å². The van der Waals surface area contributed by atoms with Crippen molar-refractivity contribution >= 4 is 29.1 Å². The van der Waals surface area contributed by atoms with Crippen LogP contribution in [-0.2, 0) is 6.42 Å². The van der Waals surface area contributed by atoms with Gasteiger partial charge in [0, 0.05) is 28.0 Å². The lowest BCUT2D eigenvalue weighted by Crippen LogP contribution is -2.25. The molecular formula is C26H21ClN2OS. The number of benzene rings is 3. The number of Topliss-reactive ketones (excluding diaryl/α,β-unsaturated/α-hetero) is 1. The summed E-state index contributed by atoms with van der Waals surface area (Å²) in [7, 11) is 0. The molecule has 154 valence electrons. The van der Waals surface area contributed by atoms with E-state index in [0.29, 0.717) is 5.02 Å². The molecule has 3 nitrogen and oxygen atoms in total. The minimum absolute atomic E-state index is 0.139. The van der Waals surface area contributed by atoms with E-state index in [1.165, 1.54) is 5.56 Å². The highest BCUT2D eigenvalue weighted by atomic mass is 35.5. The second-order valence-corrected chi connectivity index (χ2v) is 9.39. The zero-order valence-corrected chi connectivity index (χ0v) is 18.7. The Bertz CT molecular complexity index is 1250. The maximum atomic E-state index is 13.2. The zero-order valence-electron chi connectivity index (χ0n) is 17.1. The van der Waals surface area contributed by atoms with Crippen LogP contribution in [0.1, 0.15) is 27.9 Å². The number of halogens is 1. The summed E-state index contributed by atoms with van der Waals surface area (Å²) in [6.45, 7) is 2.07. The summed E-state index contributed by atoms with van der Waals surface area (Å²) in [4.78, 5) is 18.1. The number of aromatic nitrogens is 2. The van der Waals surface area contributed by atoms with Crippen LogP contribution in [0.3, 0.4) is 0 Å². The van der Waals surface area contributed by atoms with Crippen LogP contribution < -0.4 is 0 Å². The largest absolute Gasteiger partial charge is 0.294 e. The van der Waals surface area contributed by atoms with Gasteiger partial charge in [0.1, 0.15) is 0 Å². The molecule has 1 aromatic heterocycles. The van der Waals surface area contributed by atoms with E-state index in [9.17, 15) is 4.79 Å². The Morgan fingerprint density at radius 1 is 1.00 bits per heavy atom. The molecule has 0 amide bonds. The highest BCUT2D eigenvalue weighted by molar-refractivity contribution is 8.00. The Morgan fingerprint density at radius 2 is 1.74 bits per heavy atom. The van der Waals surface area contributed by atoms with Crippen molar-refractivity contribution in [3.05, 3.63) is 101 Å². The van der Waals surface area contributed by atoms with Crippen LogP contribution in [0.4, 0.5) is 0 Å². The molecule has 31 heavy (non-hydrogen) atoms. The minimum atomic E-state index is -0.139. The number of nitrogens with zero attached hydrogens (tertiary/aromatic N) is 2. The summed E-state index contributed by atoms with van der Waals surface area (Å²) in [5.74, 6) is 0.193. The van der Waals surface area contributed by atoms with Gasteiger partial charge in [-0.2, -0.15) is 0 Å². The van der Waals surface area contributed by atoms with E-state index in [0.717, 1.165) is 46.1 Å². The van der Waals surface area contributed by atoms with Gasteiger partial charge in [0.2, 0.25) is 0 Å². The van der Waals surface area contributed by atoms with Gasteiger partial charge in [0.25, 0.3) is 0 Å². The summed E-state index contributed by atoms with van der Waals surface area (Å²) in [6.07, 6.45) is 3.77. The molecule has 0 bridgehead atoms. The maximum absolute atomic E-state index is 13.2. The zero-order chi connectivity index (χ0) is 21.4. The lowest BCUT2D eigenvalue weighted by molar-refractivity contribution is 0.0979. The lowest BCUT2D eigenvalue weighted by atomic mass is 9.90. The molecule has 0 N–H and O–H groups in total. The van der Waals surface area contributed by atoms with Crippen LogP contribution in [0.5, 0.6) is 0 Å². The Kier molecular flexibility index (Phi) is 5.43. The molecule has 3 aromatic carbocycles. The van der Waals surface area contributed by atoms with Crippen LogP contribution in [0.15, 0.2) is 84.1 Å². The fraction of sp³-hybridized carbons (Fsp3) is 0.154. The molecule has 1 unspecified atom stereocenters. The van der Waals surface area contributed by atoms with Gasteiger partial charge in [0.05, 0.1) is 10.9 Å². The van der Waals surface area contributed by atoms with E-state index < -0.39 is 0 Å². The summed E-state index contributed by atoms with van der Waals surface area (Å²) in [6, 6.07) is 24.0. The second-order valence-electron chi connectivity index (χ2n) is 7.79. The number of ketones is 1. The number of fused-ring (bicyclic) bond motifs is 1. The van der Waals surface area contributed by atoms with Crippen molar-refractivity contribution in [1.82, 2.24) is 9.55 Å². The topological polar surface area (TPSA) is 34.9 Å². The third kappa shape index (κ3) is 4.06. The Hall–Kier alpha value is -2.82. The predicted octanol–water partition coefficient (Wildman–Crippen LogP) is 6.79. The molecule has 0 spiro atoms. The fourth-order valence-corrected chi connectivity index (χ4v) is 5.18. The van der Waals surface area contributed by atoms with Gasteiger partial charge in [-0.25, -0.2) is 4.98 Å². The van der Waals surface area contributed by atoms with Gasteiger partial charge in [0.15, 0.2) is 10.9 Å². The lowest BCUT2D eigenvalue weighted by Gasteiger charge is -2.22. The van der Waals surface area contributed by atoms with Gasteiger partial charge in [-0.3, -0.25) is 9.36 Å². The Labute approximate surface area is 191 Å². The number of aryl methyl sites for hydroxylation is 2. The Morgan fingerprint density at radius 3 is 2.52 bits per heavy atom. The first-order valence-electron chi connectivity index (χ1n) is 10.3. The maximum Gasteiger partial charge on any atom is 0.176 e. The van der Waals surface area contributed by atoms with Crippen molar-refractivity contribution in [2.75, 3.05) is 0 Å². The molecule has 0 saturated carbocycles. The molecule has 0 radical (unpaired) electrons.